The fourth-order valence-electron chi connectivity index (χ4n) is 2.46. The van der Waals surface area contributed by atoms with Gasteiger partial charge in [0.25, 0.3) is 0 Å². The summed E-state index contributed by atoms with van der Waals surface area (Å²) in [6.07, 6.45) is 1.69. The number of pyridine rings is 1. The molecule has 0 aliphatic carbocycles. The summed E-state index contributed by atoms with van der Waals surface area (Å²) in [5.74, 6) is -0.943. The van der Waals surface area contributed by atoms with Crippen LogP contribution in [-0.2, 0) is 0 Å². The van der Waals surface area contributed by atoms with Gasteiger partial charge in [-0.3, -0.25) is 4.98 Å². The largest absolute Gasteiger partial charge is 0.478 e. The Labute approximate surface area is 132 Å². The Balaban J connectivity index is 2.03. The zero-order valence-electron chi connectivity index (χ0n) is 12.4. The highest BCUT2D eigenvalue weighted by Gasteiger charge is 2.08. The van der Waals surface area contributed by atoms with E-state index in [4.69, 9.17) is 10.4 Å². The third-order valence-corrected chi connectivity index (χ3v) is 3.61. The number of rotatable bonds is 3. The molecule has 0 saturated carbocycles. The van der Waals surface area contributed by atoms with Crippen molar-refractivity contribution in [1.29, 1.82) is 5.26 Å². The van der Waals surface area contributed by atoms with Gasteiger partial charge in [-0.2, -0.15) is 5.26 Å². The molecule has 112 valence electrons. The molecule has 0 radical (unpaired) electrons. The maximum atomic E-state index is 11.1. The molecular weight excluding hydrogens is 290 g/mol. The van der Waals surface area contributed by atoms with Crippen LogP contribution in [0.1, 0.15) is 21.5 Å². The van der Waals surface area contributed by atoms with Crippen molar-refractivity contribution in [2.24, 2.45) is 0 Å². The molecule has 0 aliphatic rings. The van der Waals surface area contributed by atoms with Gasteiger partial charge in [0, 0.05) is 23.0 Å². The summed E-state index contributed by atoms with van der Waals surface area (Å²) in [6.45, 7) is 1.76. The molecule has 1 aromatic heterocycles. The molecule has 0 fully saturated rings. The van der Waals surface area contributed by atoms with E-state index in [0.29, 0.717) is 11.1 Å². The van der Waals surface area contributed by atoms with Crippen molar-refractivity contribution < 1.29 is 9.90 Å². The van der Waals surface area contributed by atoms with E-state index in [9.17, 15) is 4.79 Å². The highest BCUT2D eigenvalue weighted by atomic mass is 16.4. The maximum Gasteiger partial charge on any atom is 0.335 e. The van der Waals surface area contributed by atoms with Crippen LogP contribution < -0.4 is 5.32 Å². The first-order chi connectivity index (χ1) is 11.1. The van der Waals surface area contributed by atoms with Crippen molar-refractivity contribution in [2.45, 2.75) is 6.92 Å². The lowest BCUT2D eigenvalue weighted by Crippen LogP contribution is -2.00. The summed E-state index contributed by atoms with van der Waals surface area (Å²) >= 11 is 0. The molecule has 0 aliphatic heterocycles. The van der Waals surface area contributed by atoms with E-state index in [1.807, 2.05) is 6.07 Å². The number of aromatic nitrogens is 1. The third kappa shape index (κ3) is 2.83. The van der Waals surface area contributed by atoms with Gasteiger partial charge in [0.15, 0.2) is 0 Å². The second-order valence-electron chi connectivity index (χ2n) is 5.16. The molecule has 2 aromatic carbocycles. The number of carboxylic acid groups (broad SMARTS) is 1. The number of anilines is 2. The number of hydrogen-bond donors (Lipinski definition) is 2. The molecule has 23 heavy (non-hydrogen) atoms. The molecule has 0 bridgehead atoms. The maximum absolute atomic E-state index is 11.1. The highest BCUT2D eigenvalue weighted by molar-refractivity contribution is 5.94. The molecule has 3 rings (SSSR count). The number of aryl methyl sites for hydroxylation is 1. The number of nitrogens with one attached hydrogen (secondary N) is 1. The second-order valence-corrected chi connectivity index (χ2v) is 5.16. The van der Waals surface area contributed by atoms with Gasteiger partial charge in [-0.25, -0.2) is 4.79 Å². The minimum absolute atomic E-state index is 0.280. The summed E-state index contributed by atoms with van der Waals surface area (Å²) in [5, 5.41) is 22.2. The van der Waals surface area contributed by atoms with Crippen molar-refractivity contribution in [3.8, 4) is 6.07 Å². The van der Waals surface area contributed by atoms with Crippen LogP contribution in [0.15, 0.2) is 48.7 Å². The van der Waals surface area contributed by atoms with Crippen molar-refractivity contribution in [1.82, 2.24) is 4.98 Å². The molecule has 5 heteroatoms. The zero-order chi connectivity index (χ0) is 16.4. The molecule has 0 amide bonds. The number of carboxylic acids is 1. The van der Waals surface area contributed by atoms with Crippen molar-refractivity contribution in [3.63, 3.8) is 0 Å². The second kappa shape index (κ2) is 5.78. The van der Waals surface area contributed by atoms with E-state index in [1.165, 1.54) is 0 Å². The van der Waals surface area contributed by atoms with Crippen molar-refractivity contribution in [3.05, 3.63) is 65.4 Å². The van der Waals surface area contributed by atoms with Crippen LogP contribution >= 0.6 is 0 Å². The SMILES string of the molecule is Cc1cc(Nc2ccnc3ccc(C#N)cc23)ccc1C(=O)O. The lowest BCUT2D eigenvalue weighted by molar-refractivity contribution is 0.0696. The van der Waals surface area contributed by atoms with Gasteiger partial charge in [-0.15, -0.1) is 0 Å². The molecule has 0 unspecified atom stereocenters. The normalized spacial score (nSPS) is 10.3. The quantitative estimate of drug-likeness (QED) is 0.767. The Morgan fingerprint density at radius 1 is 1.22 bits per heavy atom. The Morgan fingerprint density at radius 2 is 2.04 bits per heavy atom. The van der Waals surface area contributed by atoms with E-state index < -0.39 is 5.97 Å². The van der Waals surface area contributed by atoms with Crippen LogP contribution in [0.2, 0.25) is 0 Å². The lowest BCUT2D eigenvalue weighted by atomic mass is 10.1. The Morgan fingerprint density at radius 3 is 2.74 bits per heavy atom. The molecule has 2 N–H and O–H groups in total. The van der Waals surface area contributed by atoms with E-state index >= 15 is 0 Å². The smallest absolute Gasteiger partial charge is 0.335 e. The van der Waals surface area contributed by atoms with Crippen molar-refractivity contribution >= 4 is 28.2 Å². The Hall–Kier alpha value is -3.39. The number of fused-ring (bicyclic) bond motifs is 1. The predicted octanol–water partition coefficient (Wildman–Crippen LogP) is 3.86. The molecule has 3 aromatic rings. The molecule has 0 saturated heterocycles. The number of carbonyl (C=O) groups is 1. The molecule has 5 nitrogen and oxygen atoms in total. The van der Waals surface area contributed by atoms with Crippen LogP contribution in [0, 0.1) is 18.3 Å². The molecule has 0 spiro atoms. The standard InChI is InChI=1S/C18H13N3O2/c1-11-8-13(3-4-14(11)18(22)23)21-17-6-7-20-16-5-2-12(10-19)9-15(16)17/h2-9H,1H3,(H,20,21)(H,22,23). The van der Waals surface area contributed by atoms with Crippen LogP contribution in [0.4, 0.5) is 11.4 Å². The third-order valence-electron chi connectivity index (χ3n) is 3.61. The molecule has 0 atom stereocenters. The van der Waals surface area contributed by atoms with Crippen LogP contribution in [-0.4, -0.2) is 16.1 Å². The zero-order valence-corrected chi connectivity index (χ0v) is 12.4. The van der Waals surface area contributed by atoms with Gasteiger partial charge in [-0.1, -0.05) is 0 Å². The average Bonchev–Trinajstić information content (AvgIpc) is 2.54. The number of aromatic carboxylic acids is 1. The van der Waals surface area contributed by atoms with Crippen LogP contribution in [0.3, 0.4) is 0 Å². The van der Waals surface area contributed by atoms with Gasteiger partial charge in [-0.05, 0) is 55.0 Å². The summed E-state index contributed by atoms with van der Waals surface area (Å²) in [7, 11) is 0. The Kier molecular flexibility index (Phi) is 3.65. The minimum Gasteiger partial charge on any atom is -0.478 e. The molecular formula is C18H13N3O2. The highest BCUT2D eigenvalue weighted by Crippen LogP contribution is 2.27. The van der Waals surface area contributed by atoms with E-state index in [2.05, 4.69) is 16.4 Å². The molecule has 1 heterocycles. The topological polar surface area (TPSA) is 86.0 Å². The summed E-state index contributed by atoms with van der Waals surface area (Å²) in [4.78, 5) is 15.4. The van der Waals surface area contributed by atoms with Gasteiger partial charge in [0.1, 0.15) is 0 Å². The summed E-state index contributed by atoms with van der Waals surface area (Å²) < 4.78 is 0. The fraction of sp³-hybridized carbons (Fsp3) is 0.0556. The van der Waals surface area contributed by atoms with Crippen LogP contribution in [0.5, 0.6) is 0 Å². The first-order valence-electron chi connectivity index (χ1n) is 6.98. The van der Waals surface area contributed by atoms with E-state index in [-0.39, 0.29) is 5.56 Å². The van der Waals surface area contributed by atoms with Gasteiger partial charge < -0.3 is 10.4 Å². The number of nitrogens with zero attached hydrogens (tertiary/aromatic N) is 2. The fourth-order valence-corrected chi connectivity index (χ4v) is 2.46. The Bertz CT molecular complexity index is 958. The van der Waals surface area contributed by atoms with E-state index in [1.54, 1.807) is 49.5 Å². The number of benzene rings is 2. The average molecular weight is 303 g/mol. The van der Waals surface area contributed by atoms with Gasteiger partial charge in [0.2, 0.25) is 0 Å². The monoisotopic (exact) mass is 303 g/mol. The minimum atomic E-state index is -0.943. The van der Waals surface area contributed by atoms with Gasteiger partial charge in [0.05, 0.1) is 22.7 Å². The summed E-state index contributed by atoms with van der Waals surface area (Å²) in [6, 6.07) is 14.3. The van der Waals surface area contributed by atoms with Gasteiger partial charge >= 0.3 is 5.97 Å². The lowest BCUT2D eigenvalue weighted by Gasteiger charge is -2.11. The first kappa shape index (κ1) is 14.5. The number of nitriles is 1. The van der Waals surface area contributed by atoms with E-state index in [0.717, 1.165) is 22.3 Å². The number of hydrogen-bond acceptors (Lipinski definition) is 4. The summed E-state index contributed by atoms with van der Waals surface area (Å²) in [5.41, 5.74) is 3.90. The van der Waals surface area contributed by atoms with Crippen molar-refractivity contribution in [2.75, 3.05) is 5.32 Å². The predicted molar refractivity (Wildman–Crippen MR) is 87.9 cm³/mol. The van der Waals surface area contributed by atoms with Crippen LogP contribution in [0.25, 0.3) is 10.9 Å². The first-order valence-corrected chi connectivity index (χ1v) is 6.98.